The first-order valence-corrected chi connectivity index (χ1v) is 15.6. The van der Waals surface area contributed by atoms with Gasteiger partial charge >= 0.3 is 0 Å². The van der Waals surface area contributed by atoms with Gasteiger partial charge in [0.15, 0.2) is 24.1 Å². The topological polar surface area (TPSA) is 408 Å². The first-order chi connectivity index (χ1) is 22.5. The van der Waals surface area contributed by atoms with Gasteiger partial charge in [-0.25, -0.2) is 4.99 Å². The summed E-state index contributed by atoms with van der Waals surface area (Å²) in [7, 11) is 0. The summed E-state index contributed by atoms with van der Waals surface area (Å²) in [6.07, 6.45) is -16.4. The van der Waals surface area contributed by atoms with E-state index in [0.717, 1.165) is 0 Å². The lowest BCUT2D eigenvalue weighted by Gasteiger charge is -2.49. The Balaban J connectivity index is 1.54. The highest BCUT2D eigenvalue weighted by Gasteiger charge is 2.61. The van der Waals surface area contributed by atoms with Crippen LogP contribution in [0.1, 0.15) is 12.8 Å². The molecule has 2 aliphatic heterocycles. The third kappa shape index (κ3) is 8.33. The van der Waals surface area contributed by atoms with Gasteiger partial charge in [-0.3, -0.25) is 4.79 Å². The number of carbonyl (C=O) groups excluding carboxylic acids is 1. The van der Waals surface area contributed by atoms with Crippen LogP contribution < -0.4 is 45.0 Å². The minimum atomic E-state index is -1.98. The first-order valence-electron chi connectivity index (χ1n) is 15.6. The van der Waals surface area contributed by atoms with Gasteiger partial charge < -0.3 is 105 Å². The normalized spacial score (nSPS) is 46.8. The quantitative estimate of drug-likeness (QED) is 0.0627. The third-order valence-corrected chi connectivity index (χ3v) is 9.18. The van der Waals surface area contributed by atoms with E-state index in [1.54, 1.807) is 0 Å². The second-order valence-electron chi connectivity index (χ2n) is 12.9. The van der Waals surface area contributed by atoms with Gasteiger partial charge in [0.25, 0.3) is 5.91 Å². The predicted octanol–water partition coefficient (Wildman–Crippen LogP) is -10.4. The van der Waals surface area contributed by atoms with Gasteiger partial charge in [0.2, 0.25) is 0 Å². The van der Waals surface area contributed by atoms with Gasteiger partial charge in [-0.2, -0.15) is 0 Å². The van der Waals surface area contributed by atoms with Crippen LogP contribution in [0.15, 0.2) is 4.99 Å². The first kappa shape index (κ1) is 38.9. The number of nitrogens with zero attached hydrogens (tertiary/aromatic N) is 1. The van der Waals surface area contributed by atoms with Gasteiger partial charge in [-0.1, -0.05) is 0 Å². The highest BCUT2D eigenvalue weighted by molar-refractivity contribution is 5.90. The van der Waals surface area contributed by atoms with E-state index < -0.39 is 122 Å². The zero-order chi connectivity index (χ0) is 35.7. The Bertz CT molecular complexity index is 1110. The summed E-state index contributed by atoms with van der Waals surface area (Å²) >= 11 is 0. The molecule has 2 saturated carbocycles. The molecule has 0 aromatic heterocycles. The van der Waals surface area contributed by atoms with Crippen molar-refractivity contribution in [2.24, 2.45) is 39.4 Å². The second kappa shape index (κ2) is 15.9. The summed E-state index contributed by atoms with van der Waals surface area (Å²) in [6, 6.07) is -6.42. The van der Waals surface area contributed by atoms with E-state index in [9.17, 15) is 40.5 Å². The Kier molecular flexibility index (Phi) is 12.9. The van der Waals surface area contributed by atoms with Crippen molar-refractivity contribution in [3.8, 4) is 0 Å². The molecule has 1 amide bonds. The van der Waals surface area contributed by atoms with Crippen molar-refractivity contribution in [1.29, 1.82) is 0 Å². The molecule has 48 heavy (non-hydrogen) atoms. The van der Waals surface area contributed by atoms with Gasteiger partial charge in [-0.05, 0) is 6.42 Å². The number of nitrogens with one attached hydrogen (secondary N) is 2. The fourth-order valence-electron chi connectivity index (χ4n) is 6.10. The molecule has 18 atom stereocenters. The van der Waals surface area contributed by atoms with Gasteiger partial charge in [-0.15, -0.1) is 0 Å². The second-order valence-corrected chi connectivity index (χ2v) is 12.9. The van der Waals surface area contributed by atoms with E-state index in [1.807, 2.05) is 0 Å². The van der Waals surface area contributed by atoms with E-state index in [-0.39, 0.29) is 38.5 Å². The number of rotatable bonds is 13. The maximum atomic E-state index is 13.2. The van der Waals surface area contributed by atoms with Gasteiger partial charge in [0, 0.05) is 31.6 Å². The highest BCUT2D eigenvalue weighted by atomic mass is 16.7. The number of guanidine groups is 1. The molecule has 0 spiro atoms. The zero-order valence-corrected chi connectivity index (χ0v) is 26.1. The average molecular weight is 698 g/mol. The molecule has 4 fully saturated rings. The lowest BCUT2D eigenvalue weighted by Crippen LogP contribution is -2.70. The molecular weight excluding hydrogens is 646 g/mol. The third-order valence-electron chi connectivity index (χ3n) is 9.18. The summed E-state index contributed by atoms with van der Waals surface area (Å²) < 4.78 is 23.3. The lowest BCUT2D eigenvalue weighted by molar-refractivity contribution is -0.320. The molecule has 2 heterocycles. The Hall–Kier alpha value is -1.94. The molecule has 0 bridgehead atoms. The molecule has 0 aromatic carbocycles. The molecule has 4 aliphatic rings. The molecule has 0 aromatic rings. The van der Waals surface area contributed by atoms with E-state index >= 15 is 0 Å². The summed E-state index contributed by atoms with van der Waals surface area (Å²) in [5.74, 6) is -1.25. The van der Waals surface area contributed by atoms with Crippen molar-refractivity contribution < 1.29 is 64.6 Å². The molecule has 22 nitrogen and oxygen atoms in total. The number of carbonyl (C=O) groups is 1. The number of hydrogen-bond donors (Lipinski definition) is 16. The summed E-state index contributed by atoms with van der Waals surface area (Å²) in [4.78, 5) is 17.0. The van der Waals surface area contributed by atoms with E-state index in [1.165, 1.54) is 0 Å². The Morgan fingerprint density at radius 3 is 2.17 bits per heavy atom. The van der Waals surface area contributed by atoms with Crippen LogP contribution in [0, 0.1) is 0 Å². The summed E-state index contributed by atoms with van der Waals surface area (Å²) in [5.41, 5.74) is 32.9. The van der Waals surface area contributed by atoms with Gasteiger partial charge in [0.1, 0.15) is 54.9 Å². The minimum absolute atomic E-state index is 0.0313. The van der Waals surface area contributed by atoms with Crippen molar-refractivity contribution in [2.75, 3.05) is 26.3 Å². The number of aliphatic hydroxyl groups excluding tert-OH is 7. The molecule has 0 radical (unpaired) electrons. The molecular formula is C26H51N9O13. The summed E-state index contributed by atoms with van der Waals surface area (Å²) in [5, 5.41) is 89.0. The van der Waals surface area contributed by atoms with Crippen molar-refractivity contribution in [2.45, 2.75) is 122 Å². The lowest BCUT2D eigenvalue weighted by atomic mass is 9.83. The van der Waals surface area contributed by atoms with Crippen LogP contribution in [-0.2, 0) is 23.7 Å². The van der Waals surface area contributed by atoms with Crippen LogP contribution in [-0.4, -0.2) is 188 Å². The van der Waals surface area contributed by atoms with Crippen LogP contribution >= 0.6 is 0 Å². The number of aliphatic hydroxyl groups is 8. The van der Waals surface area contributed by atoms with Crippen LogP contribution in [0.4, 0.5) is 0 Å². The van der Waals surface area contributed by atoms with E-state index in [2.05, 4.69) is 15.6 Å². The predicted molar refractivity (Wildman–Crippen MR) is 162 cm³/mol. The maximum absolute atomic E-state index is 13.2. The summed E-state index contributed by atoms with van der Waals surface area (Å²) in [6.45, 7) is -0.868. The van der Waals surface area contributed by atoms with Crippen molar-refractivity contribution in [3.05, 3.63) is 0 Å². The molecule has 22 heteroatoms. The monoisotopic (exact) mass is 697 g/mol. The van der Waals surface area contributed by atoms with Crippen LogP contribution in [0.5, 0.6) is 0 Å². The number of ether oxygens (including phenoxy) is 4. The fourth-order valence-corrected chi connectivity index (χ4v) is 6.10. The smallest absolute Gasteiger partial charge is 0.254 e. The van der Waals surface area contributed by atoms with E-state index in [4.69, 9.17) is 58.5 Å². The van der Waals surface area contributed by atoms with Crippen molar-refractivity contribution >= 4 is 11.9 Å². The number of aliphatic imine (C=N–C) groups is 1. The van der Waals surface area contributed by atoms with Crippen molar-refractivity contribution in [1.82, 2.24) is 10.6 Å². The molecule has 278 valence electrons. The number of amides is 1. The largest absolute Gasteiger partial charge is 0.395 e. The van der Waals surface area contributed by atoms with Gasteiger partial charge in [0.05, 0.1) is 37.4 Å². The number of nitrogens with two attached hydrogens (primary N) is 6. The van der Waals surface area contributed by atoms with Crippen molar-refractivity contribution in [3.63, 3.8) is 0 Å². The molecule has 22 N–H and O–H groups in total. The highest BCUT2D eigenvalue weighted by Crippen LogP contribution is 2.40. The standard InChI is InChI=1S/C26H51N9O13/c27-7(5-36)3-33-4-10-16(39)17(40)14(30)22(45-10)47-20-8(28)1-9(34-24(43)26(44)2-12(26)35-25(31)32)21(19(20)42)48-23-18(41)13(29)15(38)11(6-37)46-23/h7-23,33,36-42,44H,1-6,27-30H2,(H,34,43)(H4,31,32,35). The molecule has 18 unspecified atom stereocenters. The molecule has 2 saturated heterocycles. The molecule has 2 aliphatic carbocycles. The van der Waals surface area contributed by atoms with Crippen LogP contribution in [0.2, 0.25) is 0 Å². The van der Waals surface area contributed by atoms with E-state index in [0.29, 0.717) is 0 Å². The Morgan fingerprint density at radius 1 is 0.896 bits per heavy atom. The van der Waals surface area contributed by atoms with Crippen LogP contribution in [0.3, 0.4) is 0 Å². The Labute approximate surface area is 275 Å². The number of hydrogen-bond acceptors (Lipinski definition) is 19. The fraction of sp³-hybridized carbons (Fsp3) is 0.923. The minimum Gasteiger partial charge on any atom is -0.395 e. The average Bonchev–Trinajstić information content (AvgIpc) is 3.70. The maximum Gasteiger partial charge on any atom is 0.254 e. The molecule has 4 rings (SSSR count). The Morgan fingerprint density at radius 2 is 1.54 bits per heavy atom. The zero-order valence-electron chi connectivity index (χ0n) is 26.1. The van der Waals surface area contributed by atoms with Crippen LogP contribution in [0.25, 0.3) is 0 Å². The SMILES string of the molecule is NC(N)=NC1CC1(O)C(=O)NC1CC(N)C(OC2OC(CNCC(N)CO)C(O)C(O)C2N)C(O)C1OC1OC(CO)C(O)C(N)C1O.